The van der Waals surface area contributed by atoms with Gasteiger partial charge in [0.25, 0.3) is 0 Å². The van der Waals surface area contributed by atoms with Gasteiger partial charge in [0.1, 0.15) is 0 Å². The molecule has 110 valence electrons. The number of rotatable bonds is 5. The van der Waals surface area contributed by atoms with E-state index in [1.54, 1.807) is 0 Å². The number of esters is 1. The number of carbonyl (C=O) groups excluding carboxylic acids is 1. The third-order valence-electron chi connectivity index (χ3n) is 3.32. The number of carboxylic acids is 1. The van der Waals surface area contributed by atoms with Gasteiger partial charge < -0.3 is 9.84 Å². The summed E-state index contributed by atoms with van der Waals surface area (Å²) in [6, 6.07) is -0.506. The Bertz CT molecular complexity index is 446. The lowest BCUT2D eigenvalue weighted by molar-refractivity contribution is -0.141. The van der Waals surface area contributed by atoms with Crippen LogP contribution in [-0.4, -0.2) is 54.7 Å². The summed E-state index contributed by atoms with van der Waals surface area (Å²) in [5, 5.41) is 7.36. The van der Waals surface area contributed by atoms with Gasteiger partial charge in [0.15, 0.2) is 5.25 Å². The van der Waals surface area contributed by atoms with E-state index < -0.39 is 33.3 Å². The molecule has 2 unspecified atom stereocenters. The molecule has 0 aromatic heterocycles. The number of carbonyl (C=O) groups is 2. The number of sulfonamides is 1. The van der Waals surface area contributed by atoms with Crippen LogP contribution in [0.2, 0.25) is 0 Å². The Morgan fingerprint density at radius 2 is 2.05 bits per heavy atom. The van der Waals surface area contributed by atoms with Crippen LogP contribution >= 0.6 is 0 Å². The molecule has 0 aliphatic carbocycles. The summed E-state index contributed by atoms with van der Waals surface area (Å²) in [6.45, 7) is 1.39. The highest BCUT2D eigenvalue weighted by Gasteiger charge is 2.39. The highest BCUT2D eigenvalue weighted by atomic mass is 32.2. The first-order chi connectivity index (χ1) is 8.80. The van der Waals surface area contributed by atoms with E-state index in [2.05, 4.69) is 4.74 Å². The van der Waals surface area contributed by atoms with Gasteiger partial charge >= 0.3 is 11.9 Å². The van der Waals surface area contributed by atoms with Crippen LogP contribution in [0.4, 0.5) is 0 Å². The number of nitrogens with zero attached hydrogens (tertiary/aromatic N) is 1. The summed E-state index contributed by atoms with van der Waals surface area (Å²) >= 11 is 0. The minimum absolute atomic E-state index is 0.0396. The molecule has 1 aliphatic rings. The zero-order valence-electron chi connectivity index (χ0n) is 11.0. The molecule has 1 fully saturated rings. The standard InChI is InChI=1S/C11H19NO6S/c1-8(11(14)15)19(16,17)12-6-4-3-5-9(12)7-10(13)18-2/h8-9H,3-7H2,1-2H3,(H,14,15). The summed E-state index contributed by atoms with van der Waals surface area (Å²) in [5.41, 5.74) is 0. The number of ether oxygens (including phenoxy) is 1. The van der Waals surface area contributed by atoms with Gasteiger partial charge in [-0.3, -0.25) is 9.59 Å². The average Bonchev–Trinajstić information content (AvgIpc) is 2.37. The smallest absolute Gasteiger partial charge is 0.323 e. The van der Waals surface area contributed by atoms with E-state index in [-0.39, 0.29) is 13.0 Å². The fourth-order valence-electron chi connectivity index (χ4n) is 2.12. The molecule has 0 aromatic carbocycles. The SMILES string of the molecule is COC(=O)CC1CCCCN1S(=O)(=O)C(C)C(=O)O. The summed E-state index contributed by atoms with van der Waals surface area (Å²) in [7, 11) is -2.70. The van der Waals surface area contributed by atoms with Gasteiger partial charge in [0.05, 0.1) is 13.5 Å². The molecule has 1 N–H and O–H groups in total. The Morgan fingerprint density at radius 1 is 1.42 bits per heavy atom. The van der Waals surface area contributed by atoms with Crippen LogP contribution in [0.1, 0.15) is 32.6 Å². The number of aliphatic carboxylic acids is 1. The van der Waals surface area contributed by atoms with E-state index >= 15 is 0 Å². The van der Waals surface area contributed by atoms with Crippen molar-refractivity contribution in [2.75, 3.05) is 13.7 Å². The summed E-state index contributed by atoms with van der Waals surface area (Å²) in [5.74, 6) is -1.88. The van der Waals surface area contributed by atoms with Crippen molar-refractivity contribution in [3.8, 4) is 0 Å². The maximum atomic E-state index is 12.2. The monoisotopic (exact) mass is 293 g/mol. The molecule has 2 atom stereocenters. The number of hydrogen-bond acceptors (Lipinski definition) is 5. The van der Waals surface area contributed by atoms with Crippen LogP contribution in [-0.2, 0) is 24.3 Å². The normalized spacial score (nSPS) is 22.7. The van der Waals surface area contributed by atoms with Gasteiger partial charge in [0.2, 0.25) is 10.0 Å². The molecule has 1 saturated heterocycles. The molecule has 0 spiro atoms. The molecule has 0 saturated carbocycles. The molecule has 0 radical (unpaired) electrons. The molecule has 0 bridgehead atoms. The van der Waals surface area contributed by atoms with Crippen LogP contribution in [0.25, 0.3) is 0 Å². The maximum Gasteiger partial charge on any atom is 0.323 e. The Kier molecular flexibility index (Phi) is 5.30. The fourth-order valence-corrected chi connectivity index (χ4v) is 3.76. The van der Waals surface area contributed by atoms with Crippen molar-refractivity contribution in [3.63, 3.8) is 0 Å². The van der Waals surface area contributed by atoms with E-state index in [1.165, 1.54) is 7.11 Å². The second-order valence-electron chi connectivity index (χ2n) is 4.57. The average molecular weight is 293 g/mol. The lowest BCUT2D eigenvalue weighted by Gasteiger charge is -2.35. The highest BCUT2D eigenvalue weighted by molar-refractivity contribution is 7.90. The Morgan fingerprint density at radius 3 is 2.58 bits per heavy atom. The molecule has 0 aromatic rings. The van der Waals surface area contributed by atoms with Crippen molar-refractivity contribution in [3.05, 3.63) is 0 Å². The molecular weight excluding hydrogens is 274 g/mol. The van der Waals surface area contributed by atoms with E-state index in [9.17, 15) is 18.0 Å². The molecule has 1 aliphatic heterocycles. The van der Waals surface area contributed by atoms with Gasteiger partial charge in [0, 0.05) is 12.6 Å². The van der Waals surface area contributed by atoms with Crippen molar-refractivity contribution < 1.29 is 27.9 Å². The Balaban J connectivity index is 2.93. The van der Waals surface area contributed by atoms with E-state index in [4.69, 9.17) is 5.11 Å². The largest absolute Gasteiger partial charge is 0.480 e. The summed E-state index contributed by atoms with van der Waals surface area (Å²) < 4.78 is 30.1. The summed E-state index contributed by atoms with van der Waals surface area (Å²) in [4.78, 5) is 22.2. The second kappa shape index (κ2) is 6.33. The van der Waals surface area contributed by atoms with Crippen LogP contribution in [0.15, 0.2) is 0 Å². The maximum absolute atomic E-state index is 12.2. The van der Waals surface area contributed by atoms with Crippen molar-refractivity contribution in [2.45, 2.75) is 43.9 Å². The van der Waals surface area contributed by atoms with Gasteiger partial charge in [-0.05, 0) is 19.8 Å². The molecule has 7 nitrogen and oxygen atoms in total. The van der Waals surface area contributed by atoms with Crippen molar-refractivity contribution in [1.82, 2.24) is 4.31 Å². The van der Waals surface area contributed by atoms with E-state index in [1.807, 2.05) is 0 Å². The van der Waals surface area contributed by atoms with E-state index in [0.29, 0.717) is 12.8 Å². The number of piperidine rings is 1. The number of hydrogen-bond donors (Lipinski definition) is 1. The number of methoxy groups -OCH3 is 1. The minimum Gasteiger partial charge on any atom is -0.480 e. The third-order valence-corrected chi connectivity index (χ3v) is 5.55. The van der Waals surface area contributed by atoms with Crippen LogP contribution in [0, 0.1) is 0 Å². The van der Waals surface area contributed by atoms with Gasteiger partial charge in [-0.2, -0.15) is 4.31 Å². The van der Waals surface area contributed by atoms with Gasteiger partial charge in [-0.15, -0.1) is 0 Å². The second-order valence-corrected chi connectivity index (χ2v) is 6.77. The van der Waals surface area contributed by atoms with Crippen molar-refractivity contribution in [2.24, 2.45) is 0 Å². The zero-order valence-corrected chi connectivity index (χ0v) is 11.9. The fraction of sp³-hybridized carbons (Fsp3) is 0.818. The molecule has 19 heavy (non-hydrogen) atoms. The topological polar surface area (TPSA) is 101 Å². The quantitative estimate of drug-likeness (QED) is 0.727. The molecular formula is C11H19NO6S. The molecule has 1 heterocycles. The predicted molar refractivity (Wildman–Crippen MR) is 67.0 cm³/mol. The van der Waals surface area contributed by atoms with Gasteiger partial charge in [-0.25, -0.2) is 8.42 Å². The van der Waals surface area contributed by atoms with Crippen molar-refractivity contribution >= 4 is 22.0 Å². The summed E-state index contributed by atoms with van der Waals surface area (Å²) in [6.07, 6.45) is 1.99. The Labute approximate surface area is 112 Å². The minimum atomic E-state index is -3.94. The van der Waals surface area contributed by atoms with E-state index in [0.717, 1.165) is 17.6 Å². The first-order valence-corrected chi connectivity index (χ1v) is 7.61. The molecule has 8 heteroatoms. The van der Waals surface area contributed by atoms with Crippen LogP contribution in [0.3, 0.4) is 0 Å². The Hall–Kier alpha value is -1.15. The number of carboxylic acid groups (broad SMARTS) is 1. The van der Waals surface area contributed by atoms with Crippen LogP contribution < -0.4 is 0 Å². The first-order valence-electron chi connectivity index (χ1n) is 6.11. The zero-order chi connectivity index (χ0) is 14.6. The lowest BCUT2D eigenvalue weighted by atomic mass is 10.0. The molecule has 1 rings (SSSR count). The first kappa shape index (κ1) is 15.9. The predicted octanol–water partition coefficient (Wildman–Crippen LogP) is 0.207. The lowest BCUT2D eigenvalue weighted by Crippen LogP contribution is -2.49. The van der Waals surface area contributed by atoms with Crippen LogP contribution in [0.5, 0.6) is 0 Å². The highest BCUT2D eigenvalue weighted by Crippen LogP contribution is 2.25. The van der Waals surface area contributed by atoms with Gasteiger partial charge in [-0.1, -0.05) is 6.42 Å². The molecule has 0 amide bonds. The van der Waals surface area contributed by atoms with Crippen molar-refractivity contribution in [1.29, 1.82) is 0 Å². The third kappa shape index (κ3) is 3.66.